The van der Waals surface area contributed by atoms with E-state index in [0.29, 0.717) is 6.42 Å². The molecule has 6 heteroatoms. The molecule has 2 fully saturated rings. The van der Waals surface area contributed by atoms with E-state index in [-0.39, 0.29) is 23.6 Å². The van der Waals surface area contributed by atoms with E-state index < -0.39 is 16.0 Å². The lowest BCUT2D eigenvalue weighted by Crippen LogP contribution is -2.38. The molecule has 0 radical (unpaired) electrons. The highest BCUT2D eigenvalue weighted by Crippen LogP contribution is 2.31. The Labute approximate surface area is 102 Å². The van der Waals surface area contributed by atoms with Crippen LogP contribution < -0.4 is 4.72 Å². The summed E-state index contributed by atoms with van der Waals surface area (Å²) in [6.45, 7) is 0.288. The number of sulfonamides is 1. The molecule has 2 aliphatic carbocycles. The first-order valence-corrected chi connectivity index (χ1v) is 7.76. The zero-order chi connectivity index (χ0) is 12.5. The summed E-state index contributed by atoms with van der Waals surface area (Å²) in [5.41, 5.74) is 0. The number of hydrogen-bond acceptors (Lipinski definition) is 3. The van der Waals surface area contributed by atoms with Crippen molar-refractivity contribution >= 4 is 16.0 Å². The van der Waals surface area contributed by atoms with Gasteiger partial charge in [0.05, 0.1) is 11.2 Å². The highest BCUT2D eigenvalue weighted by Gasteiger charge is 2.37. The van der Waals surface area contributed by atoms with Crippen LogP contribution in [-0.2, 0) is 14.8 Å². The monoisotopic (exact) mass is 261 g/mol. The Kier molecular flexibility index (Phi) is 3.73. The number of carboxylic acids is 1. The Hall–Kier alpha value is -0.620. The number of carbonyl (C=O) groups is 1. The van der Waals surface area contributed by atoms with Crippen molar-refractivity contribution in [3.05, 3.63) is 0 Å². The summed E-state index contributed by atoms with van der Waals surface area (Å²) in [5.74, 6) is -1.22. The molecule has 0 aromatic rings. The van der Waals surface area contributed by atoms with E-state index in [4.69, 9.17) is 5.11 Å². The molecule has 2 rings (SSSR count). The molecule has 0 heterocycles. The summed E-state index contributed by atoms with van der Waals surface area (Å²) < 4.78 is 25.9. The van der Waals surface area contributed by atoms with Gasteiger partial charge in [-0.15, -0.1) is 0 Å². The molecular formula is C11H19NO4S. The molecular weight excluding hydrogens is 242 g/mol. The van der Waals surface area contributed by atoms with Crippen molar-refractivity contribution in [2.24, 2.45) is 11.8 Å². The van der Waals surface area contributed by atoms with Crippen LogP contribution in [-0.4, -0.2) is 31.3 Å². The number of nitrogens with one attached hydrogen (secondary N) is 1. The van der Waals surface area contributed by atoms with Gasteiger partial charge in [0.1, 0.15) is 0 Å². The lowest BCUT2D eigenvalue weighted by atomic mass is 9.79. The van der Waals surface area contributed by atoms with Gasteiger partial charge in [-0.3, -0.25) is 4.79 Å². The minimum Gasteiger partial charge on any atom is -0.481 e. The van der Waals surface area contributed by atoms with E-state index in [2.05, 4.69) is 4.72 Å². The van der Waals surface area contributed by atoms with E-state index in [9.17, 15) is 13.2 Å². The van der Waals surface area contributed by atoms with Crippen LogP contribution in [0.2, 0.25) is 0 Å². The normalized spacial score (nSPS) is 30.1. The highest BCUT2D eigenvalue weighted by atomic mass is 32.2. The molecule has 0 bridgehead atoms. The molecule has 2 aliphatic rings. The van der Waals surface area contributed by atoms with Gasteiger partial charge in [-0.1, -0.05) is 12.8 Å². The number of rotatable bonds is 5. The summed E-state index contributed by atoms with van der Waals surface area (Å²) in [6, 6.07) is 0. The van der Waals surface area contributed by atoms with Gasteiger partial charge < -0.3 is 5.11 Å². The summed E-state index contributed by atoms with van der Waals surface area (Å²) in [6.07, 6.45) is 4.89. The summed E-state index contributed by atoms with van der Waals surface area (Å²) in [7, 11) is -3.18. The van der Waals surface area contributed by atoms with Gasteiger partial charge in [0.2, 0.25) is 10.0 Å². The smallest absolute Gasteiger partial charge is 0.306 e. The fraction of sp³-hybridized carbons (Fsp3) is 0.909. The maximum Gasteiger partial charge on any atom is 0.306 e. The molecule has 0 aromatic heterocycles. The van der Waals surface area contributed by atoms with Gasteiger partial charge in [0.15, 0.2) is 0 Å². The summed E-state index contributed by atoms with van der Waals surface area (Å²) in [4.78, 5) is 11.1. The lowest BCUT2D eigenvalue weighted by Gasteiger charge is -2.28. The van der Waals surface area contributed by atoms with Crippen molar-refractivity contribution in [2.45, 2.75) is 43.8 Å². The van der Waals surface area contributed by atoms with E-state index in [1.54, 1.807) is 0 Å². The van der Waals surface area contributed by atoms with Crippen molar-refractivity contribution < 1.29 is 18.3 Å². The molecule has 2 N–H and O–H groups in total. The third kappa shape index (κ3) is 3.19. The van der Waals surface area contributed by atoms with Gasteiger partial charge >= 0.3 is 5.97 Å². The minimum atomic E-state index is -3.18. The largest absolute Gasteiger partial charge is 0.481 e. The second-order valence-electron chi connectivity index (χ2n) is 5.08. The van der Waals surface area contributed by atoms with Crippen LogP contribution in [0.4, 0.5) is 0 Å². The van der Waals surface area contributed by atoms with E-state index >= 15 is 0 Å². The second-order valence-corrected chi connectivity index (χ2v) is 7.13. The Morgan fingerprint density at radius 3 is 2.41 bits per heavy atom. The molecule has 0 spiro atoms. The molecule has 0 amide bonds. The average molecular weight is 261 g/mol. The van der Waals surface area contributed by atoms with Gasteiger partial charge in [-0.05, 0) is 31.6 Å². The molecule has 5 nitrogen and oxygen atoms in total. The number of carboxylic acid groups (broad SMARTS) is 1. The maximum atomic E-state index is 11.7. The Bertz CT molecular complexity index is 388. The average Bonchev–Trinajstić information content (AvgIpc) is 3.11. The Balaban J connectivity index is 1.90. The van der Waals surface area contributed by atoms with Crippen LogP contribution in [0.3, 0.4) is 0 Å². The van der Waals surface area contributed by atoms with Crippen molar-refractivity contribution in [1.82, 2.24) is 4.72 Å². The van der Waals surface area contributed by atoms with Crippen molar-refractivity contribution in [2.75, 3.05) is 6.54 Å². The first-order valence-electron chi connectivity index (χ1n) is 6.22. The second kappa shape index (κ2) is 4.94. The van der Waals surface area contributed by atoms with E-state index in [1.165, 1.54) is 0 Å². The van der Waals surface area contributed by atoms with Crippen LogP contribution in [0, 0.1) is 11.8 Å². The fourth-order valence-electron chi connectivity index (χ4n) is 2.50. The molecule has 0 aliphatic heterocycles. The summed E-state index contributed by atoms with van der Waals surface area (Å²) >= 11 is 0. The first-order chi connectivity index (χ1) is 8.00. The van der Waals surface area contributed by atoms with Crippen molar-refractivity contribution in [3.8, 4) is 0 Å². The van der Waals surface area contributed by atoms with Gasteiger partial charge in [0.25, 0.3) is 0 Å². The molecule has 2 saturated carbocycles. The quantitative estimate of drug-likeness (QED) is 0.772. The zero-order valence-corrected chi connectivity index (χ0v) is 10.6. The molecule has 0 saturated heterocycles. The molecule has 0 unspecified atom stereocenters. The van der Waals surface area contributed by atoms with Crippen LogP contribution in [0.25, 0.3) is 0 Å². The van der Waals surface area contributed by atoms with Crippen LogP contribution in [0.5, 0.6) is 0 Å². The Morgan fingerprint density at radius 2 is 1.82 bits per heavy atom. The maximum absolute atomic E-state index is 11.7. The molecule has 0 aromatic carbocycles. The van der Waals surface area contributed by atoms with Gasteiger partial charge in [-0.2, -0.15) is 0 Å². The van der Waals surface area contributed by atoms with Gasteiger partial charge in [0, 0.05) is 6.54 Å². The van der Waals surface area contributed by atoms with E-state index in [0.717, 1.165) is 32.1 Å². The fourth-order valence-corrected chi connectivity index (χ4v) is 3.94. The van der Waals surface area contributed by atoms with E-state index in [1.807, 2.05) is 0 Å². The van der Waals surface area contributed by atoms with Crippen LogP contribution >= 0.6 is 0 Å². The topological polar surface area (TPSA) is 83.5 Å². The van der Waals surface area contributed by atoms with Gasteiger partial charge in [-0.25, -0.2) is 13.1 Å². The van der Waals surface area contributed by atoms with Crippen molar-refractivity contribution in [3.63, 3.8) is 0 Å². The number of aliphatic carboxylic acids is 1. The zero-order valence-electron chi connectivity index (χ0n) is 9.76. The lowest BCUT2D eigenvalue weighted by molar-refractivity contribution is -0.144. The van der Waals surface area contributed by atoms with Crippen LogP contribution in [0.1, 0.15) is 38.5 Å². The van der Waals surface area contributed by atoms with Crippen LogP contribution in [0.15, 0.2) is 0 Å². The third-order valence-electron chi connectivity index (χ3n) is 3.74. The molecule has 2 atom stereocenters. The SMILES string of the molecule is O=C(O)[C@H]1CCCC[C@H]1CNS(=O)(=O)C1CC1. The predicted octanol–water partition coefficient (Wildman–Crippen LogP) is 0.959. The number of hydrogen-bond donors (Lipinski definition) is 2. The minimum absolute atomic E-state index is 0.0465. The predicted molar refractivity (Wildman–Crippen MR) is 63.0 cm³/mol. The Morgan fingerprint density at radius 1 is 1.18 bits per heavy atom. The first kappa shape index (κ1) is 12.8. The van der Waals surface area contributed by atoms with Crippen molar-refractivity contribution in [1.29, 1.82) is 0 Å². The summed E-state index contributed by atoms with van der Waals surface area (Å²) in [5, 5.41) is 8.85. The third-order valence-corrected chi connectivity index (χ3v) is 5.65. The molecule has 17 heavy (non-hydrogen) atoms. The molecule has 98 valence electrons. The standard InChI is InChI=1S/C11H19NO4S/c13-11(14)10-4-2-1-3-8(10)7-12-17(15,16)9-5-6-9/h8-10,12H,1-7H2,(H,13,14)/t8-,10-/m0/s1. The highest BCUT2D eigenvalue weighted by molar-refractivity contribution is 7.90.